The number of hydrogen-bond acceptors (Lipinski definition) is 2. The third-order valence-corrected chi connectivity index (χ3v) is 2.60. The molecule has 0 aliphatic carbocycles. The summed E-state index contributed by atoms with van der Waals surface area (Å²) in [6, 6.07) is 6.75. The van der Waals surface area contributed by atoms with Crippen molar-refractivity contribution >= 4 is 5.97 Å². The predicted octanol–water partition coefficient (Wildman–Crippen LogP) is 3.38. The van der Waals surface area contributed by atoms with E-state index in [0.717, 1.165) is 0 Å². The largest absolute Gasteiger partial charge is 0.488 e. The summed E-state index contributed by atoms with van der Waals surface area (Å²) in [6.07, 6.45) is 0. The van der Waals surface area contributed by atoms with Crippen molar-refractivity contribution < 1.29 is 27.8 Å². The molecule has 0 heterocycles. The number of carboxylic acids is 1. The zero-order chi connectivity index (χ0) is 14.7. The number of halogens is 3. The molecule has 2 aromatic rings. The molecule has 2 aromatic carbocycles. The first-order valence-corrected chi connectivity index (χ1v) is 5.57. The fraction of sp³-hybridized carbons (Fsp3) is 0.0714. The monoisotopic (exact) mass is 282 g/mol. The molecule has 0 radical (unpaired) electrons. The number of para-hydroxylation sites is 1. The first-order valence-electron chi connectivity index (χ1n) is 5.57. The minimum Gasteiger partial charge on any atom is -0.488 e. The maximum atomic E-state index is 13.4. The van der Waals surface area contributed by atoms with Crippen LogP contribution in [0.25, 0.3) is 0 Å². The molecule has 0 fully saturated rings. The van der Waals surface area contributed by atoms with Crippen LogP contribution in [0.4, 0.5) is 13.2 Å². The van der Waals surface area contributed by atoms with Gasteiger partial charge in [-0.1, -0.05) is 12.1 Å². The van der Waals surface area contributed by atoms with Gasteiger partial charge in [-0.15, -0.1) is 0 Å². The average Bonchev–Trinajstić information content (AvgIpc) is 2.37. The molecule has 0 unspecified atom stereocenters. The lowest BCUT2D eigenvalue weighted by Gasteiger charge is -2.10. The quantitative estimate of drug-likeness (QED) is 0.935. The Morgan fingerprint density at radius 3 is 2.30 bits per heavy atom. The van der Waals surface area contributed by atoms with E-state index in [1.54, 1.807) is 0 Å². The Balaban J connectivity index is 2.24. The minimum atomic E-state index is -1.22. The number of hydrogen-bond donors (Lipinski definition) is 1. The van der Waals surface area contributed by atoms with Crippen LogP contribution in [0.3, 0.4) is 0 Å². The van der Waals surface area contributed by atoms with Crippen LogP contribution >= 0.6 is 0 Å². The normalized spacial score (nSPS) is 10.3. The van der Waals surface area contributed by atoms with Crippen LogP contribution in [0.15, 0.2) is 36.4 Å². The number of carbonyl (C=O) groups is 1. The highest BCUT2D eigenvalue weighted by atomic mass is 19.1. The van der Waals surface area contributed by atoms with E-state index < -0.39 is 35.6 Å². The first-order chi connectivity index (χ1) is 9.49. The van der Waals surface area contributed by atoms with Crippen LogP contribution in [-0.4, -0.2) is 11.1 Å². The molecule has 6 heteroatoms. The van der Waals surface area contributed by atoms with Gasteiger partial charge in [0.15, 0.2) is 0 Å². The summed E-state index contributed by atoms with van der Waals surface area (Å²) < 4.78 is 44.6. The summed E-state index contributed by atoms with van der Waals surface area (Å²) in [5.41, 5.74) is -0.595. The molecule has 20 heavy (non-hydrogen) atoms. The van der Waals surface area contributed by atoms with E-state index in [-0.39, 0.29) is 11.3 Å². The summed E-state index contributed by atoms with van der Waals surface area (Å²) in [5, 5.41) is 8.93. The molecule has 0 aliphatic rings. The van der Waals surface area contributed by atoms with Crippen molar-refractivity contribution in [2.24, 2.45) is 0 Å². The molecule has 2 rings (SSSR count). The molecule has 0 bridgehead atoms. The minimum absolute atomic E-state index is 0.0249. The van der Waals surface area contributed by atoms with Gasteiger partial charge in [0, 0.05) is 12.1 Å². The summed E-state index contributed by atoms with van der Waals surface area (Å²) in [7, 11) is 0. The number of aromatic carboxylic acids is 1. The summed E-state index contributed by atoms with van der Waals surface area (Å²) in [5.74, 6) is -4.45. The fourth-order valence-electron chi connectivity index (χ4n) is 1.63. The van der Waals surface area contributed by atoms with Gasteiger partial charge in [0.1, 0.15) is 35.4 Å². The van der Waals surface area contributed by atoms with Crippen LogP contribution in [0.2, 0.25) is 0 Å². The molecule has 104 valence electrons. The first kappa shape index (κ1) is 13.9. The van der Waals surface area contributed by atoms with Crippen LogP contribution in [-0.2, 0) is 6.61 Å². The Hall–Kier alpha value is -2.50. The third-order valence-electron chi connectivity index (χ3n) is 2.60. The summed E-state index contributed by atoms with van der Waals surface area (Å²) >= 11 is 0. The van der Waals surface area contributed by atoms with Crippen LogP contribution in [0.5, 0.6) is 5.75 Å². The van der Waals surface area contributed by atoms with Gasteiger partial charge in [-0.25, -0.2) is 18.0 Å². The highest BCUT2D eigenvalue weighted by molar-refractivity contribution is 5.90. The van der Waals surface area contributed by atoms with E-state index in [9.17, 15) is 18.0 Å². The van der Waals surface area contributed by atoms with E-state index in [1.807, 2.05) is 0 Å². The van der Waals surface area contributed by atoms with E-state index >= 15 is 0 Å². The SMILES string of the molecule is O=C(O)c1ccccc1OCc1c(F)cc(F)cc1F. The Kier molecular flexibility index (Phi) is 3.93. The molecule has 0 aromatic heterocycles. The molecule has 1 N–H and O–H groups in total. The van der Waals surface area contributed by atoms with Gasteiger partial charge in [0.25, 0.3) is 0 Å². The van der Waals surface area contributed by atoms with Gasteiger partial charge in [0.05, 0.1) is 5.56 Å². The van der Waals surface area contributed by atoms with Crippen molar-refractivity contribution in [3.63, 3.8) is 0 Å². The van der Waals surface area contributed by atoms with Gasteiger partial charge in [0.2, 0.25) is 0 Å². The topological polar surface area (TPSA) is 46.5 Å². The van der Waals surface area contributed by atoms with Crippen LogP contribution in [0, 0.1) is 17.5 Å². The Labute approximate surface area is 112 Å². The van der Waals surface area contributed by atoms with Gasteiger partial charge < -0.3 is 9.84 Å². The molecular formula is C14H9F3O3. The van der Waals surface area contributed by atoms with Crippen molar-refractivity contribution in [2.75, 3.05) is 0 Å². The van der Waals surface area contributed by atoms with Crippen LogP contribution < -0.4 is 4.74 Å². The second-order valence-electron chi connectivity index (χ2n) is 3.94. The summed E-state index contributed by atoms with van der Waals surface area (Å²) in [4.78, 5) is 10.9. The molecule has 0 spiro atoms. The summed E-state index contributed by atoms with van der Waals surface area (Å²) in [6.45, 7) is -0.539. The molecule has 3 nitrogen and oxygen atoms in total. The van der Waals surface area contributed by atoms with Gasteiger partial charge >= 0.3 is 5.97 Å². The second kappa shape index (κ2) is 5.64. The van der Waals surface area contributed by atoms with Crippen LogP contribution in [0.1, 0.15) is 15.9 Å². The zero-order valence-corrected chi connectivity index (χ0v) is 10.1. The average molecular weight is 282 g/mol. The molecule has 0 amide bonds. The number of benzene rings is 2. The lowest BCUT2D eigenvalue weighted by Crippen LogP contribution is -2.06. The van der Waals surface area contributed by atoms with Crippen molar-refractivity contribution in [1.29, 1.82) is 0 Å². The van der Waals surface area contributed by atoms with Gasteiger partial charge in [-0.05, 0) is 12.1 Å². The highest BCUT2D eigenvalue weighted by Gasteiger charge is 2.15. The Morgan fingerprint density at radius 2 is 1.70 bits per heavy atom. The number of carboxylic acid groups (broad SMARTS) is 1. The van der Waals surface area contributed by atoms with E-state index in [1.165, 1.54) is 24.3 Å². The zero-order valence-electron chi connectivity index (χ0n) is 10.1. The molecule has 0 aliphatic heterocycles. The number of ether oxygens (including phenoxy) is 1. The standard InChI is InChI=1S/C14H9F3O3/c15-8-5-11(16)10(12(17)6-8)7-20-13-4-2-1-3-9(13)14(18)19/h1-6H,7H2,(H,18,19). The van der Waals surface area contributed by atoms with Crippen molar-refractivity contribution in [2.45, 2.75) is 6.61 Å². The van der Waals surface area contributed by atoms with Crippen molar-refractivity contribution in [3.05, 3.63) is 65.0 Å². The van der Waals surface area contributed by atoms with Crippen molar-refractivity contribution in [1.82, 2.24) is 0 Å². The lowest BCUT2D eigenvalue weighted by molar-refractivity contribution is 0.0691. The maximum absolute atomic E-state index is 13.4. The lowest BCUT2D eigenvalue weighted by atomic mass is 10.2. The smallest absolute Gasteiger partial charge is 0.339 e. The molecule has 0 saturated carbocycles. The van der Waals surface area contributed by atoms with E-state index in [4.69, 9.17) is 9.84 Å². The molecule has 0 atom stereocenters. The van der Waals surface area contributed by atoms with E-state index in [0.29, 0.717) is 12.1 Å². The highest BCUT2D eigenvalue weighted by Crippen LogP contribution is 2.21. The Morgan fingerprint density at radius 1 is 1.10 bits per heavy atom. The third kappa shape index (κ3) is 2.90. The van der Waals surface area contributed by atoms with E-state index in [2.05, 4.69) is 0 Å². The number of rotatable bonds is 4. The predicted molar refractivity (Wildman–Crippen MR) is 64.0 cm³/mol. The second-order valence-corrected chi connectivity index (χ2v) is 3.94. The van der Waals surface area contributed by atoms with Gasteiger partial charge in [-0.2, -0.15) is 0 Å². The van der Waals surface area contributed by atoms with Crippen molar-refractivity contribution in [3.8, 4) is 5.75 Å². The van der Waals surface area contributed by atoms with Gasteiger partial charge in [-0.3, -0.25) is 0 Å². The maximum Gasteiger partial charge on any atom is 0.339 e. The molecule has 0 saturated heterocycles. The Bertz CT molecular complexity index is 633. The fourth-order valence-corrected chi connectivity index (χ4v) is 1.63. The molecular weight excluding hydrogens is 273 g/mol.